The van der Waals surface area contributed by atoms with E-state index in [0.717, 1.165) is 10.9 Å². The number of thiophene rings is 1. The molecule has 0 unspecified atom stereocenters. The maximum Gasteiger partial charge on any atom is 0.315 e. The van der Waals surface area contributed by atoms with Gasteiger partial charge in [0.05, 0.1) is 0 Å². The molecule has 0 saturated carbocycles. The lowest BCUT2D eigenvalue weighted by Crippen LogP contribution is -1.90. The van der Waals surface area contributed by atoms with Crippen LogP contribution in [0.25, 0.3) is 10.1 Å². The minimum Gasteiger partial charge on any atom is -0.481 e. The molecule has 1 heterocycles. The van der Waals surface area contributed by atoms with Crippen LogP contribution in [-0.4, -0.2) is 11.1 Å². The topological polar surface area (TPSA) is 37.3 Å². The van der Waals surface area contributed by atoms with Gasteiger partial charge < -0.3 is 5.11 Å². The fourth-order valence-corrected chi connectivity index (χ4v) is 2.18. The Hall–Kier alpha value is -1.79. The van der Waals surface area contributed by atoms with Gasteiger partial charge in [-0.15, -0.1) is 11.3 Å². The maximum absolute atomic E-state index is 10.3. The van der Waals surface area contributed by atoms with Gasteiger partial charge in [0.15, 0.2) is 0 Å². The number of carboxylic acids is 1. The van der Waals surface area contributed by atoms with Gasteiger partial charge in [-0.25, -0.2) is 0 Å². The molecule has 0 aliphatic rings. The van der Waals surface area contributed by atoms with Crippen LogP contribution in [0.4, 0.5) is 0 Å². The highest BCUT2D eigenvalue weighted by atomic mass is 32.1. The molecular weight excluding hydrogens is 208 g/mol. The molecule has 2 nitrogen and oxygen atoms in total. The van der Waals surface area contributed by atoms with Gasteiger partial charge in [-0.1, -0.05) is 30.0 Å². The zero-order chi connectivity index (χ0) is 10.7. The number of carboxylic acid groups (broad SMARTS) is 1. The Balaban J connectivity index is 2.35. The largest absolute Gasteiger partial charge is 0.481 e. The number of benzene rings is 1. The fourth-order valence-electron chi connectivity index (χ4n) is 1.29. The van der Waals surface area contributed by atoms with Crippen LogP contribution in [0, 0.1) is 11.8 Å². The fraction of sp³-hybridized carbons (Fsp3) is 0.0833. The van der Waals surface area contributed by atoms with Gasteiger partial charge in [0.25, 0.3) is 0 Å². The molecular formula is C12H8O2S. The molecule has 1 N–H and O–H groups in total. The smallest absolute Gasteiger partial charge is 0.315 e. The van der Waals surface area contributed by atoms with Gasteiger partial charge in [0.2, 0.25) is 0 Å². The predicted octanol–water partition coefficient (Wildman–Crippen LogP) is 2.73. The van der Waals surface area contributed by atoms with E-state index in [0.29, 0.717) is 0 Å². The van der Waals surface area contributed by atoms with Crippen molar-refractivity contribution in [3.8, 4) is 11.8 Å². The summed E-state index contributed by atoms with van der Waals surface area (Å²) in [4.78, 5) is 10.3. The Labute approximate surface area is 91.2 Å². The highest BCUT2D eigenvalue weighted by molar-refractivity contribution is 7.17. The van der Waals surface area contributed by atoms with Crippen molar-refractivity contribution >= 4 is 27.4 Å². The summed E-state index contributed by atoms with van der Waals surface area (Å²) in [7, 11) is 0. The molecule has 2 rings (SSSR count). The molecule has 3 heteroatoms. The van der Waals surface area contributed by atoms with Crippen LogP contribution in [0.5, 0.6) is 0 Å². The van der Waals surface area contributed by atoms with Crippen molar-refractivity contribution in [2.45, 2.75) is 6.42 Å². The van der Waals surface area contributed by atoms with E-state index in [1.165, 1.54) is 4.70 Å². The number of rotatable bonds is 1. The maximum atomic E-state index is 10.3. The van der Waals surface area contributed by atoms with Crippen LogP contribution in [-0.2, 0) is 4.79 Å². The van der Waals surface area contributed by atoms with Gasteiger partial charge in [0.1, 0.15) is 6.42 Å². The van der Waals surface area contributed by atoms with E-state index in [1.807, 2.05) is 29.6 Å². The van der Waals surface area contributed by atoms with Gasteiger partial charge >= 0.3 is 5.97 Å². The molecule has 0 radical (unpaired) electrons. The summed E-state index contributed by atoms with van der Waals surface area (Å²) in [5.41, 5.74) is 0.914. The summed E-state index contributed by atoms with van der Waals surface area (Å²) in [6.07, 6.45) is -0.107. The monoisotopic (exact) mass is 216 g/mol. The van der Waals surface area contributed by atoms with E-state index < -0.39 is 5.97 Å². The molecule has 0 amide bonds. The van der Waals surface area contributed by atoms with E-state index in [4.69, 9.17) is 5.11 Å². The number of aliphatic carboxylic acids is 1. The second kappa shape index (κ2) is 4.16. The summed E-state index contributed by atoms with van der Waals surface area (Å²) >= 11 is 1.62. The average molecular weight is 216 g/mol. The summed E-state index contributed by atoms with van der Waals surface area (Å²) in [5, 5.41) is 11.5. The van der Waals surface area contributed by atoms with Crippen molar-refractivity contribution in [3.63, 3.8) is 0 Å². The molecule has 15 heavy (non-hydrogen) atoms. The lowest BCUT2D eigenvalue weighted by atomic mass is 10.2. The van der Waals surface area contributed by atoms with Crippen LogP contribution in [0.1, 0.15) is 12.0 Å². The third-order valence-corrected chi connectivity index (χ3v) is 2.91. The number of hydrogen-bond donors (Lipinski definition) is 1. The minimum atomic E-state index is -0.887. The lowest BCUT2D eigenvalue weighted by Gasteiger charge is -1.87. The predicted molar refractivity (Wildman–Crippen MR) is 61.0 cm³/mol. The Morgan fingerprint density at radius 2 is 2.20 bits per heavy atom. The first-order valence-corrected chi connectivity index (χ1v) is 5.32. The number of carbonyl (C=O) groups is 1. The third-order valence-electron chi connectivity index (χ3n) is 1.94. The van der Waals surface area contributed by atoms with Gasteiger partial charge in [0, 0.05) is 21.0 Å². The van der Waals surface area contributed by atoms with Gasteiger partial charge in [-0.2, -0.15) is 0 Å². The minimum absolute atomic E-state index is 0.107. The van der Waals surface area contributed by atoms with Crippen LogP contribution < -0.4 is 0 Å². The van der Waals surface area contributed by atoms with E-state index in [9.17, 15) is 4.79 Å². The van der Waals surface area contributed by atoms with Crippen LogP contribution in [0.2, 0.25) is 0 Å². The second-order valence-electron chi connectivity index (χ2n) is 3.02. The highest BCUT2D eigenvalue weighted by Gasteiger charge is 1.99. The standard InChI is InChI=1S/C12H8O2S/c13-12(14)7-3-4-9-8-15-11-6-2-1-5-10(9)11/h1-2,5-6,8H,7H2,(H,13,14). The molecule has 2 aromatic rings. The summed E-state index contributed by atoms with van der Waals surface area (Å²) in [5.74, 6) is 4.63. The van der Waals surface area contributed by atoms with Crippen molar-refractivity contribution in [3.05, 3.63) is 35.2 Å². The summed E-state index contributed by atoms with van der Waals surface area (Å²) < 4.78 is 1.18. The van der Waals surface area contributed by atoms with Crippen LogP contribution in [0.15, 0.2) is 29.6 Å². The zero-order valence-corrected chi connectivity index (χ0v) is 8.67. The van der Waals surface area contributed by atoms with E-state index in [-0.39, 0.29) is 6.42 Å². The Morgan fingerprint density at radius 1 is 1.40 bits per heavy atom. The number of fused-ring (bicyclic) bond motifs is 1. The number of hydrogen-bond acceptors (Lipinski definition) is 2. The SMILES string of the molecule is O=C(O)CC#Cc1csc2ccccc12. The van der Waals surface area contributed by atoms with Crippen LogP contribution in [0.3, 0.4) is 0 Å². The molecule has 0 bridgehead atoms. The Morgan fingerprint density at radius 3 is 3.00 bits per heavy atom. The first-order valence-electron chi connectivity index (χ1n) is 4.44. The first kappa shape index (κ1) is 9.75. The molecule has 0 aliphatic heterocycles. The molecule has 0 spiro atoms. The second-order valence-corrected chi connectivity index (χ2v) is 3.93. The molecule has 0 saturated heterocycles. The van der Waals surface area contributed by atoms with Crippen LogP contribution >= 0.6 is 11.3 Å². The molecule has 0 fully saturated rings. The first-order chi connectivity index (χ1) is 7.27. The van der Waals surface area contributed by atoms with Crippen molar-refractivity contribution in [2.75, 3.05) is 0 Å². The van der Waals surface area contributed by atoms with Crippen molar-refractivity contribution in [2.24, 2.45) is 0 Å². The Bertz CT molecular complexity index is 557. The van der Waals surface area contributed by atoms with Gasteiger partial charge in [-0.3, -0.25) is 4.79 Å². The van der Waals surface area contributed by atoms with Gasteiger partial charge in [-0.05, 0) is 6.07 Å². The quantitative estimate of drug-likeness (QED) is 0.744. The summed E-state index contributed by atoms with van der Waals surface area (Å²) in [6.45, 7) is 0. The average Bonchev–Trinajstić information content (AvgIpc) is 2.62. The molecule has 0 aliphatic carbocycles. The molecule has 74 valence electrons. The van der Waals surface area contributed by atoms with E-state index >= 15 is 0 Å². The van der Waals surface area contributed by atoms with E-state index in [1.54, 1.807) is 11.3 Å². The normalized spacial score (nSPS) is 9.60. The molecule has 0 atom stereocenters. The molecule has 1 aromatic carbocycles. The molecule has 1 aromatic heterocycles. The van der Waals surface area contributed by atoms with E-state index in [2.05, 4.69) is 11.8 Å². The Kier molecular flexibility index (Phi) is 2.70. The zero-order valence-electron chi connectivity index (χ0n) is 7.86. The lowest BCUT2D eigenvalue weighted by molar-refractivity contribution is -0.135. The third kappa shape index (κ3) is 2.17. The van der Waals surface area contributed by atoms with Crippen molar-refractivity contribution in [1.82, 2.24) is 0 Å². The summed E-state index contributed by atoms with van der Waals surface area (Å²) in [6, 6.07) is 7.96. The van der Waals surface area contributed by atoms with Crippen molar-refractivity contribution in [1.29, 1.82) is 0 Å². The van der Waals surface area contributed by atoms with Crippen molar-refractivity contribution < 1.29 is 9.90 Å². The highest BCUT2D eigenvalue weighted by Crippen LogP contribution is 2.24.